The first kappa shape index (κ1) is 18.7. The van der Waals surface area contributed by atoms with Gasteiger partial charge in [0.2, 0.25) is 0 Å². The van der Waals surface area contributed by atoms with E-state index in [1.165, 1.54) is 18.2 Å². The van der Waals surface area contributed by atoms with Gasteiger partial charge in [0.25, 0.3) is 5.91 Å². The Bertz CT molecular complexity index is 623. The third-order valence-corrected chi connectivity index (χ3v) is 4.08. The number of hydrogen-bond donors (Lipinski definition) is 1. The van der Waals surface area contributed by atoms with Gasteiger partial charge in [-0.3, -0.25) is 4.79 Å². The van der Waals surface area contributed by atoms with Gasteiger partial charge in [-0.25, -0.2) is 9.18 Å². The summed E-state index contributed by atoms with van der Waals surface area (Å²) in [6.07, 6.45) is 1.33. The molecule has 0 bridgehead atoms. The number of rotatable bonds is 3. The number of carbonyl (C=O) groups excluding carboxylic acids is 2. The highest BCUT2D eigenvalue weighted by Crippen LogP contribution is 2.19. The smallest absolute Gasteiger partial charge is 0.330 e. The average molecular weight is 357 g/mol. The fourth-order valence-corrected chi connectivity index (χ4v) is 2.43. The number of halogens is 2. The van der Waals surface area contributed by atoms with Crippen molar-refractivity contribution >= 4 is 23.5 Å². The summed E-state index contributed by atoms with van der Waals surface area (Å²) in [5.41, 5.74) is -0.226. The van der Waals surface area contributed by atoms with Gasteiger partial charge in [0.05, 0.1) is 10.4 Å². The van der Waals surface area contributed by atoms with Gasteiger partial charge in [0.1, 0.15) is 5.82 Å². The van der Waals surface area contributed by atoms with Crippen LogP contribution in [0.4, 0.5) is 4.39 Å². The first-order chi connectivity index (χ1) is 11.2. The number of hydrogen-bond acceptors (Lipinski definition) is 4. The van der Waals surface area contributed by atoms with E-state index in [0.29, 0.717) is 31.5 Å². The number of benzene rings is 1. The fourth-order valence-electron chi connectivity index (χ4n) is 2.25. The summed E-state index contributed by atoms with van der Waals surface area (Å²) in [5, 5.41) is 4.45. The van der Waals surface area contributed by atoms with E-state index in [9.17, 15) is 14.0 Å². The van der Waals surface area contributed by atoms with Crippen LogP contribution in [0, 0.1) is 11.2 Å². The standard InChI is InChI=1S/C17H22ClFN2O3/c1-17(2,3)16(23)24-21-8-6-12(7-9-21)20-15(22)11-4-5-14(19)13(18)10-11/h4-5,10,12H,6-9H2,1-3H3,(H,20,22). The Morgan fingerprint density at radius 2 is 1.92 bits per heavy atom. The molecule has 1 aliphatic heterocycles. The third kappa shape index (κ3) is 4.92. The van der Waals surface area contributed by atoms with Crippen molar-refractivity contribution in [1.82, 2.24) is 10.4 Å². The summed E-state index contributed by atoms with van der Waals surface area (Å²) in [7, 11) is 0. The van der Waals surface area contributed by atoms with Crippen molar-refractivity contribution in [3.63, 3.8) is 0 Å². The van der Waals surface area contributed by atoms with Crippen LogP contribution in [0.15, 0.2) is 18.2 Å². The van der Waals surface area contributed by atoms with Crippen LogP contribution in [0.2, 0.25) is 5.02 Å². The molecule has 1 aromatic carbocycles. The number of hydroxylamine groups is 2. The molecule has 0 aliphatic carbocycles. The van der Waals surface area contributed by atoms with Crippen LogP contribution in [-0.2, 0) is 9.63 Å². The first-order valence-electron chi connectivity index (χ1n) is 7.90. The second-order valence-corrected chi connectivity index (χ2v) is 7.34. The molecule has 1 aromatic rings. The van der Waals surface area contributed by atoms with Gasteiger partial charge in [0, 0.05) is 24.7 Å². The third-order valence-electron chi connectivity index (χ3n) is 3.80. The molecule has 5 nitrogen and oxygen atoms in total. The number of piperidine rings is 1. The first-order valence-corrected chi connectivity index (χ1v) is 8.28. The van der Waals surface area contributed by atoms with Crippen LogP contribution in [0.1, 0.15) is 44.0 Å². The maximum atomic E-state index is 13.1. The quantitative estimate of drug-likeness (QED) is 0.903. The Balaban J connectivity index is 1.83. The van der Waals surface area contributed by atoms with Gasteiger partial charge in [-0.2, -0.15) is 0 Å². The summed E-state index contributed by atoms with van der Waals surface area (Å²) in [4.78, 5) is 29.4. The summed E-state index contributed by atoms with van der Waals surface area (Å²) in [6, 6.07) is 3.86. The lowest BCUT2D eigenvalue weighted by Crippen LogP contribution is -2.46. The molecular formula is C17H22ClFN2O3. The van der Waals surface area contributed by atoms with Crippen LogP contribution in [-0.4, -0.2) is 36.1 Å². The minimum Gasteiger partial charge on any atom is -0.367 e. The van der Waals surface area contributed by atoms with Gasteiger partial charge >= 0.3 is 5.97 Å². The van der Waals surface area contributed by atoms with Crippen LogP contribution in [0.25, 0.3) is 0 Å². The van der Waals surface area contributed by atoms with E-state index < -0.39 is 11.2 Å². The molecule has 1 fully saturated rings. The van der Waals surface area contributed by atoms with Crippen molar-refractivity contribution in [2.75, 3.05) is 13.1 Å². The zero-order valence-corrected chi connectivity index (χ0v) is 14.8. The van der Waals surface area contributed by atoms with Crippen LogP contribution < -0.4 is 5.32 Å². The molecule has 0 atom stereocenters. The summed E-state index contributed by atoms with van der Waals surface area (Å²) in [5.74, 6) is -1.12. The van der Waals surface area contributed by atoms with Crippen LogP contribution in [0.5, 0.6) is 0 Å². The molecule has 1 aliphatic rings. The van der Waals surface area contributed by atoms with Crippen LogP contribution >= 0.6 is 11.6 Å². The second kappa shape index (κ2) is 7.49. The van der Waals surface area contributed by atoms with Crippen molar-refractivity contribution < 1.29 is 18.8 Å². The van der Waals surface area contributed by atoms with E-state index >= 15 is 0 Å². The van der Waals surface area contributed by atoms with E-state index in [1.807, 2.05) is 0 Å². The van der Waals surface area contributed by atoms with Gasteiger partial charge in [0.15, 0.2) is 0 Å². The monoisotopic (exact) mass is 356 g/mol. The highest BCUT2D eigenvalue weighted by Gasteiger charge is 2.28. The maximum Gasteiger partial charge on any atom is 0.330 e. The average Bonchev–Trinajstić information content (AvgIpc) is 2.51. The van der Waals surface area contributed by atoms with Gasteiger partial charge in [-0.1, -0.05) is 11.6 Å². The summed E-state index contributed by atoms with van der Waals surface area (Å²) >= 11 is 5.69. The Morgan fingerprint density at radius 1 is 1.29 bits per heavy atom. The minimum absolute atomic E-state index is 0.0223. The molecule has 24 heavy (non-hydrogen) atoms. The number of amides is 1. The van der Waals surface area contributed by atoms with Crippen molar-refractivity contribution in [1.29, 1.82) is 0 Å². The topological polar surface area (TPSA) is 58.6 Å². The predicted molar refractivity (Wildman–Crippen MR) is 89.0 cm³/mol. The molecule has 0 saturated carbocycles. The predicted octanol–water partition coefficient (Wildman–Crippen LogP) is 3.18. The normalized spacial score (nSPS) is 16.7. The summed E-state index contributed by atoms with van der Waals surface area (Å²) < 4.78 is 13.1. The molecule has 0 radical (unpaired) electrons. The Morgan fingerprint density at radius 3 is 2.46 bits per heavy atom. The molecule has 0 unspecified atom stereocenters. The van der Waals surface area contributed by atoms with Crippen molar-refractivity contribution in [3.8, 4) is 0 Å². The SMILES string of the molecule is CC(C)(C)C(=O)ON1CCC(NC(=O)c2ccc(F)c(Cl)c2)CC1. The van der Waals surface area contributed by atoms with Gasteiger partial charge in [-0.15, -0.1) is 5.06 Å². The molecule has 1 saturated heterocycles. The van der Waals surface area contributed by atoms with Crippen LogP contribution in [0.3, 0.4) is 0 Å². The minimum atomic E-state index is -0.554. The highest BCUT2D eigenvalue weighted by atomic mass is 35.5. The molecule has 7 heteroatoms. The highest BCUT2D eigenvalue weighted by molar-refractivity contribution is 6.31. The maximum absolute atomic E-state index is 13.1. The van der Waals surface area contributed by atoms with Crippen molar-refractivity contribution in [3.05, 3.63) is 34.6 Å². The van der Waals surface area contributed by atoms with E-state index in [-0.39, 0.29) is 22.9 Å². The molecular weight excluding hydrogens is 335 g/mol. The van der Waals surface area contributed by atoms with E-state index in [2.05, 4.69) is 5.32 Å². The number of nitrogens with one attached hydrogen (secondary N) is 1. The van der Waals surface area contributed by atoms with Gasteiger partial charge in [-0.05, 0) is 51.8 Å². The molecule has 1 N–H and O–H groups in total. The number of carbonyl (C=O) groups is 2. The summed E-state index contributed by atoms with van der Waals surface area (Å²) in [6.45, 7) is 6.51. The Kier molecular flexibility index (Phi) is 5.83. The molecule has 0 aromatic heterocycles. The van der Waals surface area contributed by atoms with E-state index in [1.54, 1.807) is 25.8 Å². The Hall–Kier alpha value is -1.66. The molecule has 1 amide bonds. The van der Waals surface area contributed by atoms with Crippen molar-refractivity contribution in [2.24, 2.45) is 5.41 Å². The van der Waals surface area contributed by atoms with E-state index in [4.69, 9.17) is 16.4 Å². The lowest BCUT2D eigenvalue weighted by atomic mass is 9.98. The largest absolute Gasteiger partial charge is 0.367 e. The second-order valence-electron chi connectivity index (χ2n) is 6.93. The lowest BCUT2D eigenvalue weighted by Gasteiger charge is -2.32. The van der Waals surface area contributed by atoms with Gasteiger partial charge < -0.3 is 10.2 Å². The Labute approximate surface area is 146 Å². The van der Waals surface area contributed by atoms with E-state index in [0.717, 1.165) is 0 Å². The molecule has 1 heterocycles. The fraction of sp³-hybridized carbons (Fsp3) is 0.529. The zero-order valence-electron chi connectivity index (χ0n) is 14.1. The lowest BCUT2D eigenvalue weighted by molar-refractivity contribution is -0.204. The number of nitrogens with zero attached hydrogens (tertiary/aromatic N) is 1. The molecule has 2 rings (SSSR count). The van der Waals surface area contributed by atoms with Crippen molar-refractivity contribution in [2.45, 2.75) is 39.7 Å². The zero-order chi connectivity index (χ0) is 17.9. The molecule has 132 valence electrons. The molecule has 0 spiro atoms.